The van der Waals surface area contributed by atoms with Crippen molar-refractivity contribution >= 4 is 21.8 Å². The average molecular weight is 367 g/mol. The van der Waals surface area contributed by atoms with Gasteiger partial charge >= 0.3 is 0 Å². The molecular weight excluding hydrogens is 332 g/mol. The minimum Gasteiger partial charge on any atom is -0.314 e. The van der Waals surface area contributed by atoms with Crippen LogP contribution in [0.1, 0.15) is 64.4 Å². The largest absolute Gasteiger partial charge is 0.314 e. The molecule has 0 aliphatic carbocycles. The number of nitrogens with one attached hydrogen (secondary N) is 2. The molecule has 0 fully saturated rings. The smallest absolute Gasteiger partial charge is 0.229 e. The molecule has 0 spiro atoms. The second-order valence-electron chi connectivity index (χ2n) is 6.60. The molecule has 0 saturated carbocycles. The van der Waals surface area contributed by atoms with Crippen molar-refractivity contribution in [2.75, 3.05) is 17.5 Å². The minimum atomic E-state index is -3.21. The third-order valence-corrected chi connectivity index (χ3v) is 4.77. The fourth-order valence-corrected chi connectivity index (χ4v) is 3.30. The van der Waals surface area contributed by atoms with E-state index in [2.05, 4.69) is 36.0 Å². The summed E-state index contributed by atoms with van der Waals surface area (Å²) in [6.45, 7) is 5.49. The highest BCUT2D eigenvalue weighted by Crippen LogP contribution is 2.12. The predicted octanol–water partition coefficient (Wildman–Crippen LogP) is 4.80. The molecule has 142 valence electrons. The van der Waals surface area contributed by atoms with Gasteiger partial charge < -0.3 is 5.32 Å². The van der Waals surface area contributed by atoms with Crippen molar-refractivity contribution < 1.29 is 8.42 Å². The van der Waals surface area contributed by atoms with Gasteiger partial charge in [0.15, 0.2) is 0 Å². The third-order valence-electron chi connectivity index (χ3n) is 4.17. The minimum absolute atomic E-state index is 0.593. The highest BCUT2D eigenvalue weighted by molar-refractivity contribution is 7.92. The molecule has 5 heteroatoms. The summed E-state index contributed by atoms with van der Waals surface area (Å²) < 4.78 is 24.8. The van der Waals surface area contributed by atoms with Crippen LogP contribution in [-0.2, 0) is 10.0 Å². The van der Waals surface area contributed by atoms with E-state index in [1.165, 1.54) is 38.5 Å². The van der Waals surface area contributed by atoms with Crippen molar-refractivity contribution in [2.24, 2.45) is 0 Å². The van der Waals surface area contributed by atoms with E-state index >= 15 is 0 Å². The maximum absolute atomic E-state index is 11.2. The van der Waals surface area contributed by atoms with Crippen LogP contribution >= 0.6 is 0 Å². The molecule has 0 aliphatic rings. The standard InChI is InChI=1S/C20H34N2O2S/c1-4-6-7-8-12-19(5-2)21-17-10-9-11-18-13-15-20(16-14-18)22-25(3,23)24/h9,11,13-16,19,21-22H,4-8,10,12,17H2,1-3H3. The summed E-state index contributed by atoms with van der Waals surface area (Å²) in [6, 6.07) is 8.02. The van der Waals surface area contributed by atoms with Gasteiger partial charge in [-0.15, -0.1) is 0 Å². The lowest BCUT2D eigenvalue weighted by atomic mass is 10.1. The summed E-state index contributed by atoms with van der Waals surface area (Å²) in [5, 5.41) is 3.64. The molecule has 1 rings (SSSR count). The summed E-state index contributed by atoms with van der Waals surface area (Å²) >= 11 is 0. The highest BCUT2D eigenvalue weighted by atomic mass is 32.2. The molecule has 4 nitrogen and oxygen atoms in total. The van der Waals surface area contributed by atoms with E-state index in [9.17, 15) is 8.42 Å². The number of hydrogen-bond acceptors (Lipinski definition) is 3. The van der Waals surface area contributed by atoms with Gasteiger partial charge in [0, 0.05) is 11.7 Å². The predicted molar refractivity (Wildman–Crippen MR) is 109 cm³/mol. The first-order valence-electron chi connectivity index (χ1n) is 9.42. The van der Waals surface area contributed by atoms with Crippen molar-refractivity contribution in [3.05, 3.63) is 35.9 Å². The molecule has 0 saturated heterocycles. The van der Waals surface area contributed by atoms with E-state index in [0.717, 1.165) is 24.8 Å². The highest BCUT2D eigenvalue weighted by Gasteiger charge is 2.04. The van der Waals surface area contributed by atoms with Gasteiger partial charge in [-0.05, 0) is 43.5 Å². The van der Waals surface area contributed by atoms with E-state index < -0.39 is 10.0 Å². The monoisotopic (exact) mass is 366 g/mol. The molecule has 25 heavy (non-hydrogen) atoms. The Hall–Kier alpha value is -1.33. The molecule has 0 bridgehead atoms. The zero-order valence-electron chi connectivity index (χ0n) is 15.9. The molecule has 1 atom stereocenters. The Labute approximate surface area is 154 Å². The quantitative estimate of drug-likeness (QED) is 0.493. The van der Waals surface area contributed by atoms with Gasteiger partial charge in [-0.25, -0.2) is 8.42 Å². The number of unbranched alkanes of at least 4 members (excludes halogenated alkanes) is 3. The lowest BCUT2D eigenvalue weighted by Gasteiger charge is -2.16. The first kappa shape index (κ1) is 21.7. The zero-order chi connectivity index (χ0) is 18.5. The molecule has 0 amide bonds. The molecular formula is C20H34N2O2S. The first-order chi connectivity index (χ1) is 11.9. The summed E-state index contributed by atoms with van der Waals surface area (Å²) in [4.78, 5) is 0. The van der Waals surface area contributed by atoms with Crippen LogP contribution in [-0.4, -0.2) is 27.3 Å². The van der Waals surface area contributed by atoms with Crippen LogP contribution < -0.4 is 10.0 Å². The van der Waals surface area contributed by atoms with Gasteiger partial charge in [-0.2, -0.15) is 0 Å². The maximum Gasteiger partial charge on any atom is 0.229 e. The van der Waals surface area contributed by atoms with Gasteiger partial charge in [0.05, 0.1) is 6.26 Å². The first-order valence-corrected chi connectivity index (χ1v) is 11.3. The van der Waals surface area contributed by atoms with Crippen LogP contribution in [0.15, 0.2) is 30.3 Å². The van der Waals surface area contributed by atoms with Crippen molar-refractivity contribution in [3.8, 4) is 0 Å². The Kier molecular flexibility index (Phi) is 10.5. The van der Waals surface area contributed by atoms with E-state index in [-0.39, 0.29) is 0 Å². The Bertz CT molecular complexity index is 595. The molecule has 0 aliphatic heterocycles. The summed E-state index contributed by atoms with van der Waals surface area (Å²) in [5.41, 5.74) is 1.67. The Morgan fingerprint density at radius 1 is 1.08 bits per heavy atom. The van der Waals surface area contributed by atoms with Gasteiger partial charge in [0.2, 0.25) is 10.0 Å². The average Bonchev–Trinajstić information content (AvgIpc) is 2.56. The lowest BCUT2D eigenvalue weighted by Crippen LogP contribution is -2.29. The second kappa shape index (κ2) is 12.1. The SMILES string of the molecule is CCCCCCC(CC)NCCC=Cc1ccc(NS(C)(=O)=O)cc1. The summed E-state index contributed by atoms with van der Waals surface area (Å²) in [5.74, 6) is 0. The second-order valence-corrected chi connectivity index (χ2v) is 8.34. The van der Waals surface area contributed by atoms with Crippen molar-refractivity contribution in [3.63, 3.8) is 0 Å². The van der Waals surface area contributed by atoms with Gasteiger partial charge in [0.25, 0.3) is 0 Å². The normalized spacial score (nSPS) is 13.2. The number of hydrogen-bond donors (Lipinski definition) is 2. The van der Waals surface area contributed by atoms with Crippen molar-refractivity contribution in [1.29, 1.82) is 0 Å². The summed E-state index contributed by atoms with van der Waals surface area (Å²) in [7, 11) is -3.21. The van der Waals surface area contributed by atoms with Crippen LogP contribution in [0.2, 0.25) is 0 Å². The van der Waals surface area contributed by atoms with Gasteiger partial charge in [0.1, 0.15) is 0 Å². The zero-order valence-corrected chi connectivity index (χ0v) is 16.7. The molecule has 1 aromatic carbocycles. The number of benzene rings is 1. The molecule has 2 N–H and O–H groups in total. The topological polar surface area (TPSA) is 58.2 Å². The molecule has 0 radical (unpaired) electrons. The Morgan fingerprint density at radius 2 is 1.80 bits per heavy atom. The van der Waals surface area contributed by atoms with Crippen molar-refractivity contribution in [1.82, 2.24) is 5.32 Å². The number of rotatable bonds is 13. The molecule has 1 unspecified atom stereocenters. The van der Waals surface area contributed by atoms with E-state index in [1.807, 2.05) is 12.1 Å². The lowest BCUT2D eigenvalue weighted by molar-refractivity contribution is 0.449. The third kappa shape index (κ3) is 11.0. The van der Waals surface area contributed by atoms with E-state index in [0.29, 0.717) is 11.7 Å². The molecule has 1 aromatic rings. The molecule has 0 heterocycles. The van der Waals surface area contributed by atoms with E-state index in [4.69, 9.17) is 0 Å². The Balaban J connectivity index is 2.28. The number of sulfonamides is 1. The molecule has 0 aromatic heterocycles. The van der Waals surface area contributed by atoms with Crippen molar-refractivity contribution in [2.45, 2.75) is 64.8 Å². The van der Waals surface area contributed by atoms with Crippen LogP contribution in [0.5, 0.6) is 0 Å². The number of anilines is 1. The van der Waals surface area contributed by atoms with Crippen LogP contribution in [0.25, 0.3) is 6.08 Å². The van der Waals surface area contributed by atoms with Crippen LogP contribution in [0, 0.1) is 0 Å². The fraction of sp³-hybridized carbons (Fsp3) is 0.600. The van der Waals surface area contributed by atoms with E-state index in [1.54, 1.807) is 12.1 Å². The van der Waals surface area contributed by atoms with Gasteiger partial charge in [-0.3, -0.25) is 4.72 Å². The fourth-order valence-electron chi connectivity index (χ4n) is 2.73. The Morgan fingerprint density at radius 3 is 2.40 bits per heavy atom. The van der Waals surface area contributed by atoms with Crippen LogP contribution in [0.3, 0.4) is 0 Å². The maximum atomic E-state index is 11.2. The van der Waals surface area contributed by atoms with Crippen LogP contribution in [0.4, 0.5) is 5.69 Å². The summed E-state index contributed by atoms with van der Waals surface area (Å²) in [6.07, 6.45) is 14.2. The van der Waals surface area contributed by atoms with Gasteiger partial charge in [-0.1, -0.05) is 63.8 Å².